The minimum atomic E-state index is -4.99. The third-order valence-corrected chi connectivity index (χ3v) is 4.34. The number of hydrazine groups is 1. The molecule has 2 amide bonds. The van der Waals surface area contributed by atoms with Crippen LogP contribution < -0.4 is 16.4 Å². The van der Waals surface area contributed by atoms with Crippen LogP contribution in [0.3, 0.4) is 0 Å². The molecule has 0 bridgehead atoms. The molecule has 162 valence electrons. The molecule has 2 N–H and O–H groups in total. The lowest BCUT2D eigenvalue weighted by Gasteiger charge is -2.12. The predicted octanol–water partition coefficient (Wildman–Crippen LogP) is 3.04. The van der Waals surface area contributed by atoms with Gasteiger partial charge in [0.2, 0.25) is 0 Å². The first kappa shape index (κ1) is 21.9. The van der Waals surface area contributed by atoms with Crippen molar-refractivity contribution in [3.05, 3.63) is 75.5 Å². The SMILES string of the molecule is CCCn1nc(C(=O)NNC(=O)c2ccc(F)c(C(F)(F)F)c2)c2ccccc2c1=O. The van der Waals surface area contributed by atoms with Gasteiger partial charge in [-0.2, -0.15) is 18.3 Å². The van der Waals surface area contributed by atoms with Crippen LogP contribution in [0.5, 0.6) is 0 Å². The van der Waals surface area contributed by atoms with E-state index in [1.807, 2.05) is 12.3 Å². The van der Waals surface area contributed by atoms with E-state index in [4.69, 9.17) is 0 Å². The zero-order chi connectivity index (χ0) is 22.8. The zero-order valence-electron chi connectivity index (χ0n) is 16.1. The average Bonchev–Trinajstić information content (AvgIpc) is 2.73. The molecule has 0 saturated heterocycles. The van der Waals surface area contributed by atoms with Crippen molar-refractivity contribution in [2.45, 2.75) is 26.1 Å². The van der Waals surface area contributed by atoms with E-state index in [1.54, 1.807) is 12.1 Å². The first-order valence-electron chi connectivity index (χ1n) is 9.10. The second-order valence-electron chi connectivity index (χ2n) is 6.52. The number of aromatic nitrogens is 2. The van der Waals surface area contributed by atoms with Crippen LogP contribution in [0.25, 0.3) is 10.8 Å². The number of benzene rings is 2. The summed E-state index contributed by atoms with van der Waals surface area (Å²) in [6.45, 7) is 2.08. The first-order valence-corrected chi connectivity index (χ1v) is 9.10. The molecule has 3 aromatic rings. The summed E-state index contributed by atoms with van der Waals surface area (Å²) in [4.78, 5) is 37.2. The van der Waals surface area contributed by atoms with Gasteiger partial charge in [0.15, 0.2) is 5.69 Å². The van der Waals surface area contributed by atoms with Crippen LogP contribution in [0.1, 0.15) is 39.8 Å². The quantitative estimate of drug-likeness (QED) is 0.486. The van der Waals surface area contributed by atoms with Crippen LogP contribution in [-0.4, -0.2) is 21.6 Å². The molecule has 7 nitrogen and oxygen atoms in total. The highest BCUT2D eigenvalue weighted by Gasteiger charge is 2.34. The number of nitrogens with one attached hydrogen (secondary N) is 2. The summed E-state index contributed by atoms with van der Waals surface area (Å²) in [7, 11) is 0. The van der Waals surface area contributed by atoms with Gasteiger partial charge in [-0.1, -0.05) is 25.1 Å². The summed E-state index contributed by atoms with van der Waals surface area (Å²) in [6.07, 6.45) is -4.41. The number of alkyl halides is 3. The molecule has 11 heteroatoms. The molecule has 0 unspecified atom stereocenters. The van der Waals surface area contributed by atoms with E-state index in [2.05, 4.69) is 10.5 Å². The van der Waals surface area contributed by atoms with Gasteiger partial charge in [-0.05, 0) is 30.7 Å². The van der Waals surface area contributed by atoms with E-state index in [9.17, 15) is 31.9 Å². The van der Waals surface area contributed by atoms with Crippen molar-refractivity contribution in [3.63, 3.8) is 0 Å². The molecule has 0 spiro atoms. The van der Waals surface area contributed by atoms with Crippen LogP contribution >= 0.6 is 0 Å². The van der Waals surface area contributed by atoms with Gasteiger partial charge in [0.05, 0.1) is 10.9 Å². The Kier molecular flexibility index (Phi) is 6.04. The number of hydrogen-bond acceptors (Lipinski definition) is 4. The van der Waals surface area contributed by atoms with Gasteiger partial charge < -0.3 is 0 Å². The van der Waals surface area contributed by atoms with E-state index in [0.29, 0.717) is 18.6 Å². The molecule has 2 aromatic carbocycles. The summed E-state index contributed by atoms with van der Waals surface area (Å²) in [5.74, 6) is -3.50. The second kappa shape index (κ2) is 8.54. The van der Waals surface area contributed by atoms with Crippen molar-refractivity contribution in [2.24, 2.45) is 0 Å². The largest absolute Gasteiger partial charge is 0.419 e. The fraction of sp³-hybridized carbons (Fsp3) is 0.200. The second-order valence-corrected chi connectivity index (χ2v) is 6.52. The number of amides is 2. The van der Waals surface area contributed by atoms with Crippen LogP contribution in [-0.2, 0) is 12.7 Å². The van der Waals surface area contributed by atoms with Crippen molar-refractivity contribution in [1.29, 1.82) is 0 Å². The lowest BCUT2D eigenvalue weighted by Crippen LogP contribution is -2.43. The molecule has 0 aliphatic rings. The van der Waals surface area contributed by atoms with Gasteiger partial charge in [0.1, 0.15) is 5.82 Å². The van der Waals surface area contributed by atoms with Crippen molar-refractivity contribution >= 4 is 22.6 Å². The highest BCUT2D eigenvalue weighted by Crippen LogP contribution is 2.31. The molecule has 0 aliphatic heterocycles. The third kappa shape index (κ3) is 4.55. The van der Waals surface area contributed by atoms with Gasteiger partial charge in [0.25, 0.3) is 17.4 Å². The lowest BCUT2D eigenvalue weighted by atomic mass is 10.1. The zero-order valence-corrected chi connectivity index (χ0v) is 16.1. The fourth-order valence-electron chi connectivity index (χ4n) is 2.89. The van der Waals surface area contributed by atoms with Crippen LogP contribution in [0, 0.1) is 5.82 Å². The minimum absolute atomic E-state index is 0.154. The fourth-order valence-corrected chi connectivity index (χ4v) is 2.89. The normalized spacial score (nSPS) is 11.4. The maximum Gasteiger partial charge on any atom is 0.419 e. The Morgan fingerprint density at radius 3 is 2.32 bits per heavy atom. The van der Waals surface area contributed by atoms with Gasteiger partial charge >= 0.3 is 6.18 Å². The van der Waals surface area contributed by atoms with Crippen LogP contribution in [0.2, 0.25) is 0 Å². The van der Waals surface area contributed by atoms with E-state index in [1.165, 1.54) is 12.1 Å². The molecule has 1 heterocycles. The molecule has 0 fully saturated rings. The number of hydrogen-bond donors (Lipinski definition) is 2. The van der Waals surface area contributed by atoms with Crippen molar-refractivity contribution < 1.29 is 27.2 Å². The summed E-state index contributed by atoms with van der Waals surface area (Å²) >= 11 is 0. The maximum absolute atomic E-state index is 13.4. The number of carbonyl (C=O) groups is 2. The summed E-state index contributed by atoms with van der Waals surface area (Å²) in [6, 6.07) is 7.95. The Labute approximate surface area is 172 Å². The number of halogens is 4. The van der Waals surface area contributed by atoms with Crippen molar-refractivity contribution in [2.75, 3.05) is 0 Å². The molecule has 0 aliphatic carbocycles. The van der Waals surface area contributed by atoms with Crippen molar-refractivity contribution in [1.82, 2.24) is 20.6 Å². The highest BCUT2D eigenvalue weighted by molar-refractivity contribution is 6.06. The minimum Gasteiger partial charge on any atom is -0.267 e. The monoisotopic (exact) mass is 436 g/mol. The average molecular weight is 436 g/mol. The summed E-state index contributed by atoms with van der Waals surface area (Å²) < 4.78 is 53.0. The molecular weight excluding hydrogens is 420 g/mol. The number of fused-ring (bicyclic) bond motifs is 1. The molecule has 0 atom stereocenters. The molecule has 1 aromatic heterocycles. The predicted molar refractivity (Wildman–Crippen MR) is 103 cm³/mol. The lowest BCUT2D eigenvalue weighted by molar-refractivity contribution is -0.140. The van der Waals surface area contributed by atoms with E-state index < -0.39 is 34.9 Å². The van der Waals surface area contributed by atoms with Gasteiger partial charge in [-0.15, -0.1) is 0 Å². The first-order chi connectivity index (χ1) is 14.6. The molecule has 0 radical (unpaired) electrons. The van der Waals surface area contributed by atoms with Gasteiger partial charge in [-0.25, -0.2) is 9.07 Å². The van der Waals surface area contributed by atoms with E-state index in [-0.39, 0.29) is 28.6 Å². The van der Waals surface area contributed by atoms with Crippen molar-refractivity contribution in [3.8, 4) is 0 Å². The summed E-state index contributed by atoms with van der Waals surface area (Å²) in [5.41, 5.74) is 1.37. The Bertz CT molecular complexity index is 1220. The van der Waals surface area contributed by atoms with Gasteiger partial charge in [0, 0.05) is 17.5 Å². The molecule has 3 rings (SSSR count). The number of rotatable bonds is 4. The Morgan fingerprint density at radius 1 is 1.03 bits per heavy atom. The topological polar surface area (TPSA) is 93.1 Å². The highest BCUT2D eigenvalue weighted by atomic mass is 19.4. The Hall–Kier alpha value is -3.76. The smallest absolute Gasteiger partial charge is 0.267 e. The standard InChI is InChI=1S/C20H16F4N4O3/c1-2-9-28-19(31)13-6-4-3-5-12(13)16(27-28)18(30)26-25-17(29)11-7-8-15(21)14(10-11)20(22,23)24/h3-8,10H,2,9H2,1H3,(H,25,29)(H,26,30). The Balaban J connectivity index is 1.86. The molecule has 0 saturated carbocycles. The van der Waals surface area contributed by atoms with E-state index in [0.717, 1.165) is 10.7 Å². The van der Waals surface area contributed by atoms with Crippen LogP contribution in [0.4, 0.5) is 17.6 Å². The Morgan fingerprint density at radius 2 is 1.68 bits per heavy atom. The molecule has 31 heavy (non-hydrogen) atoms. The van der Waals surface area contributed by atoms with E-state index >= 15 is 0 Å². The van der Waals surface area contributed by atoms with Gasteiger partial charge in [-0.3, -0.25) is 25.2 Å². The third-order valence-electron chi connectivity index (χ3n) is 4.34. The summed E-state index contributed by atoms with van der Waals surface area (Å²) in [5, 5.41) is 4.53. The maximum atomic E-state index is 13.4. The number of nitrogens with zero attached hydrogens (tertiary/aromatic N) is 2. The number of carbonyl (C=O) groups excluding carboxylic acids is 2. The molecular formula is C20H16F4N4O3. The number of aryl methyl sites for hydroxylation is 1. The van der Waals surface area contributed by atoms with Crippen LogP contribution in [0.15, 0.2) is 47.3 Å².